The molecule has 4 rings (SSSR count). The highest BCUT2D eigenvalue weighted by atomic mass is 16.6. The van der Waals surface area contributed by atoms with Crippen LogP contribution in [0.1, 0.15) is 48.5 Å². The Morgan fingerprint density at radius 1 is 1.37 bits per heavy atom. The largest absolute Gasteiger partial charge is 0.342 e. The average molecular weight is 370 g/mol. The van der Waals surface area contributed by atoms with Crippen LogP contribution in [0.15, 0.2) is 21.6 Å². The van der Waals surface area contributed by atoms with Gasteiger partial charge in [-0.1, -0.05) is 17.2 Å². The van der Waals surface area contributed by atoms with Crippen LogP contribution in [0.25, 0.3) is 5.65 Å². The number of hydrogen-bond donors (Lipinski definition) is 1. The lowest BCUT2D eigenvalue weighted by Gasteiger charge is -2.32. The van der Waals surface area contributed by atoms with Crippen LogP contribution in [-0.4, -0.2) is 48.8 Å². The van der Waals surface area contributed by atoms with Gasteiger partial charge < -0.3 is 4.90 Å². The number of carbonyl (C=O) groups is 1. The molecule has 0 radical (unpaired) electrons. The Morgan fingerprint density at radius 3 is 2.96 bits per heavy atom. The number of carbonyl (C=O) groups excluding carboxylic acids is 1. The summed E-state index contributed by atoms with van der Waals surface area (Å²) in [7, 11) is 0. The molecule has 0 saturated carbocycles. The molecule has 27 heavy (non-hydrogen) atoms. The smallest absolute Gasteiger partial charge is 0.272 e. The summed E-state index contributed by atoms with van der Waals surface area (Å²) in [4.78, 5) is 31.2. The Balaban J connectivity index is 1.53. The van der Waals surface area contributed by atoms with Gasteiger partial charge in [0.2, 0.25) is 5.91 Å². The van der Waals surface area contributed by atoms with Crippen molar-refractivity contribution in [2.75, 3.05) is 13.1 Å². The van der Waals surface area contributed by atoms with Crippen molar-refractivity contribution in [3.05, 3.63) is 45.3 Å². The third-order valence-corrected chi connectivity index (χ3v) is 5.16. The van der Waals surface area contributed by atoms with Crippen LogP contribution in [-0.2, 0) is 17.6 Å². The van der Waals surface area contributed by atoms with Gasteiger partial charge in [-0.15, -0.1) is 0 Å². The van der Waals surface area contributed by atoms with Crippen molar-refractivity contribution in [1.29, 1.82) is 0 Å². The summed E-state index contributed by atoms with van der Waals surface area (Å²) in [6, 6.07) is 3.48. The lowest BCUT2D eigenvalue weighted by atomic mass is 9.94. The number of nitrogens with one attached hydrogen (secondary N) is 1. The maximum atomic E-state index is 12.6. The van der Waals surface area contributed by atoms with E-state index in [1.165, 1.54) is 4.52 Å². The Hall–Kier alpha value is -2.97. The first-order valence-corrected chi connectivity index (χ1v) is 9.22. The van der Waals surface area contributed by atoms with E-state index in [1.807, 2.05) is 17.9 Å². The molecule has 142 valence electrons. The van der Waals surface area contributed by atoms with Crippen molar-refractivity contribution < 1.29 is 9.42 Å². The van der Waals surface area contributed by atoms with Crippen molar-refractivity contribution >= 4 is 11.6 Å². The molecule has 0 unspecified atom stereocenters. The van der Waals surface area contributed by atoms with Gasteiger partial charge in [-0.25, -0.2) is 14.1 Å². The topological polar surface area (TPSA) is 109 Å². The number of nitrogens with zero attached hydrogens (tertiary/aromatic N) is 5. The number of rotatable bonds is 4. The monoisotopic (exact) mass is 370 g/mol. The highest BCUT2D eigenvalue weighted by Gasteiger charge is 2.27. The van der Waals surface area contributed by atoms with Crippen LogP contribution in [0.5, 0.6) is 0 Å². The van der Waals surface area contributed by atoms with E-state index >= 15 is 0 Å². The normalized spacial score (nSPS) is 17.6. The third-order valence-electron chi connectivity index (χ3n) is 5.16. The molecule has 1 amide bonds. The quantitative estimate of drug-likeness (QED) is 0.740. The molecular weight excluding hydrogens is 348 g/mol. The summed E-state index contributed by atoms with van der Waals surface area (Å²) in [5.41, 5.74) is 3.45. The highest BCUT2D eigenvalue weighted by molar-refractivity contribution is 5.78. The van der Waals surface area contributed by atoms with Gasteiger partial charge >= 0.3 is 0 Å². The molecule has 9 nitrogen and oxygen atoms in total. The van der Waals surface area contributed by atoms with E-state index in [-0.39, 0.29) is 23.8 Å². The molecule has 3 aromatic heterocycles. The summed E-state index contributed by atoms with van der Waals surface area (Å²) in [5.74, 6) is 0.156. The molecule has 0 aromatic carbocycles. The van der Waals surface area contributed by atoms with Gasteiger partial charge in [-0.05, 0) is 26.2 Å². The highest BCUT2D eigenvalue weighted by Crippen LogP contribution is 2.26. The standard InChI is InChI=1S/C18H22N6O3/c1-3-13-7-18(26)24-16(19-13)8-15(20-24)12-5-4-6-23(10-12)17(25)9-14-11(2)21-27-22-14/h7-8,12,20H,3-6,9-10H2,1-2H3/t12-/m0/s1. The minimum absolute atomic E-state index is 0.0122. The average Bonchev–Trinajstić information content (AvgIpc) is 3.28. The van der Waals surface area contributed by atoms with E-state index in [0.29, 0.717) is 30.0 Å². The second-order valence-corrected chi connectivity index (χ2v) is 7.00. The fourth-order valence-electron chi connectivity index (χ4n) is 3.57. The lowest BCUT2D eigenvalue weighted by Crippen LogP contribution is -2.40. The van der Waals surface area contributed by atoms with Gasteiger partial charge in [-0.2, -0.15) is 0 Å². The van der Waals surface area contributed by atoms with Gasteiger partial charge in [0, 0.05) is 42.5 Å². The molecule has 0 spiro atoms. The van der Waals surface area contributed by atoms with Crippen molar-refractivity contribution in [2.24, 2.45) is 0 Å². The van der Waals surface area contributed by atoms with Crippen molar-refractivity contribution in [1.82, 2.24) is 29.8 Å². The van der Waals surface area contributed by atoms with Crippen molar-refractivity contribution in [3.8, 4) is 0 Å². The maximum Gasteiger partial charge on any atom is 0.272 e. The first-order valence-electron chi connectivity index (χ1n) is 9.22. The van der Waals surface area contributed by atoms with Crippen molar-refractivity contribution in [3.63, 3.8) is 0 Å². The summed E-state index contributed by atoms with van der Waals surface area (Å²) >= 11 is 0. The molecule has 1 aliphatic heterocycles. The number of aryl methyl sites for hydroxylation is 2. The van der Waals surface area contributed by atoms with E-state index in [9.17, 15) is 9.59 Å². The minimum atomic E-state index is -0.110. The maximum absolute atomic E-state index is 12.6. The van der Waals surface area contributed by atoms with E-state index in [4.69, 9.17) is 0 Å². The molecule has 1 aliphatic rings. The Labute approximate surface area is 155 Å². The molecule has 3 aromatic rings. The molecule has 9 heteroatoms. The number of hydrogen-bond acceptors (Lipinski definition) is 6. The fourth-order valence-corrected chi connectivity index (χ4v) is 3.57. The van der Waals surface area contributed by atoms with Crippen LogP contribution in [0.3, 0.4) is 0 Å². The number of aromatic amines is 1. The fraction of sp³-hybridized carbons (Fsp3) is 0.500. The first-order chi connectivity index (χ1) is 13.0. The van der Waals surface area contributed by atoms with Crippen LogP contribution < -0.4 is 5.56 Å². The number of amides is 1. The molecule has 0 aliphatic carbocycles. The SMILES string of the molecule is CCc1cc(=O)n2[nH]c([C@H]3CCCN(C(=O)Cc4nonc4C)C3)cc2n1. The van der Waals surface area contributed by atoms with E-state index in [1.54, 1.807) is 13.0 Å². The first kappa shape index (κ1) is 17.4. The van der Waals surface area contributed by atoms with Gasteiger partial charge in [0.15, 0.2) is 5.65 Å². The third kappa shape index (κ3) is 3.36. The second kappa shape index (κ2) is 6.98. The van der Waals surface area contributed by atoms with Crippen LogP contribution in [0.2, 0.25) is 0 Å². The van der Waals surface area contributed by atoms with Crippen LogP contribution in [0, 0.1) is 6.92 Å². The van der Waals surface area contributed by atoms with Crippen LogP contribution in [0.4, 0.5) is 0 Å². The summed E-state index contributed by atoms with van der Waals surface area (Å²) in [5, 5.41) is 10.7. The second-order valence-electron chi connectivity index (χ2n) is 7.00. The number of aromatic nitrogens is 5. The predicted molar refractivity (Wildman–Crippen MR) is 96.5 cm³/mol. The summed E-state index contributed by atoms with van der Waals surface area (Å²) in [6.07, 6.45) is 2.77. The van der Waals surface area contributed by atoms with E-state index in [0.717, 1.165) is 30.8 Å². The van der Waals surface area contributed by atoms with Crippen molar-refractivity contribution in [2.45, 2.75) is 45.4 Å². The number of likely N-dealkylation sites (tertiary alicyclic amines) is 1. The number of piperidine rings is 1. The molecule has 1 N–H and O–H groups in total. The zero-order chi connectivity index (χ0) is 19.0. The summed E-state index contributed by atoms with van der Waals surface area (Å²) in [6.45, 7) is 5.07. The number of fused-ring (bicyclic) bond motifs is 1. The van der Waals surface area contributed by atoms with Crippen LogP contribution >= 0.6 is 0 Å². The van der Waals surface area contributed by atoms with Gasteiger partial charge in [0.1, 0.15) is 11.4 Å². The minimum Gasteiger partial charge on any atom is -0.342 e. The zero-order valence-corrected chi connectivity index (χ0v) is 15.4. The van der Waals surface area contributed by atoms with Gasteiger partial charge in [0.25, 0.3) is 5.56 Å². The molecule has 1 saturated heterocycles. The zero-order valence-electron chi connectivity index (χ0n) is 15.4. The van der Waals surface area contributed by atoms with E-state index < -0.39 is 0 Å². The van der Waals surface area contributed by atoms with Gasteiger partial charge in [-0.3, -0.25) is 14.7 Å². The number of H-pyrrole nitrogens is 1. The molecular formula is C18H22N6O3. The molecule has 1 fully saturated rings. The van der Waals surface area contributed by atoms with E-state index in [2.05, 4.69) is 25.0 Å². The Morgan fingerprint density at radius 2 is 2.22 bits per heavy atom. The van der Waals surface area contributed by atoms with Gasteiger partial charge in [0.05, 0.1) is 6.42 Å². The molecule has 0 bridgehead atoms. The lowest BCUT2D eigenvalue weighted by molar-refractivity contribution is -0.131. The Kier molecular flexibility index (Phi) is 4.51. The predicted octanol–water partition coefficient (Wildman–Crippen LogP) is 1.23. The summed E-state index contributed by atoms with van der Waals surface area (Å²) < 4.78 is 6.14. The Bertz CT molecular complexity index is 1030. The molecule has 1 atom stereocenters. The molecule has 4 heterocycles.